The van der Waals surface area contributed by atoms with Gasteiger partial charge in [-0.3, -0.25) is 0 Å². The molecule has 1 aliphatic rings. The Morgan fingerprint density at radius 2 is 1.74 bits per heavy atom. The first kappa shape index (κ1) is 19.6. The van der Waals surface area contributed by atoms with Gasteiger partial charge < -0.3 is 19.1 Å². The van der Waals surface area contributed by atoms with Crippen molar-refractivity contribution in [2.24, 2.45) is 0 Å². The van der Waals surface area contributed by atoms with Gasteiger partial charge in [0.2, 0.25) is 0 Å². The molecule has 31 heavy (non-hydrogen) atoms. The summed E-state index contributed by atoms with van der Waals surface area (Å²) < 4.78 is 11.6. The SMILES string of the molecule is CN1CCN(c2cccc3ccc(OCCc4cc(-c5ccccc5)on4)cc23)CC1. The maximum atomic E-state index is 6.08. The average molecular weight is 414 g/mol. The van der Waals surface area contributed by atoms with Crippen LogP contribution in [-0.4, -0.2) is 49.9 Å². The zero-order valence-corrected chi connectivity index (χ0v) is 17.8. The van der Waals surface area contributed by atoms with E-state index in [1.807, 2.05) is 42.5 Å². The van der Waals surface area contributed by atoms with Gasteiger partial charge in [-0.25, -0.2) is 0 Å². The Bertz CT molecular complexity index is 1150. The molecular weight excluding hydrogens is 386 g/mol. The molecule has 158 valence electrons. The summed E-state index contributed by atoms with van der Waals surface area (Å²) in [6.45, 7) is 4.85. The van der Waals surface area contributed by atoms with Crippen LogP contribution in [0.1, 0.15) is 5.69 Å². The van der Waals surface area contributed by atoms with Crippen molar-refractivity contribution < 1.29 is 9.26 Å². The van der Waals surface area contributed by atoms with E-state index >= 15 is 0 Å². The number of benzene rings is 3. The summed E-state index contributed by atoms with van der Waals surface area (Å²) in [4.78, 5) is 4.86. The Hall–Kier alpha value is -3.31. The topological polar surface area (TPSA) is 41.7 Å². The van der Waals surface area contributed by atoms with Crippen LogP contribution in [0.4, 0.5) is 5.69 Å². The van der Waals surface area contributed by atoms with E-state index in [-0.39, 0.29) is 0 Å². The summed E-state index contributed by atoms with van der Waals surface area (Å²) >= 11 is 0. The molecule has 2 heterocycles. The number of rotatable bonds is 6. The lowest BCUT2D eigenvalue weighted by Gasteiger charge is -2.34. The van der Waals surface area contributed by atoms with E-state index in [4.69, 9.17) is 9.26 Å². The van der Waals surface area contributed by atoms with Crippen LogP contribution in [-0.2, 0) is 6.42 Å². The number of nitrogens with zero attached hydrogens (tertiary/aromatic N) is 3. The van der Waals surface area contributed by atoms with Crippen LogP contribution in [0.15, 0.2) is 77.3 Å². The molecular formula is C26H27N3O2. The minimum atomic E-state index is 0.558. The van der Waals surface area contributed by atoms with Crippen LogP contribution in [0, 0.1) is 0 Å². The number of hydrogen-bond acceptors (Lipinski definition) is 5. The molecule has 5 nitrogen and oxygen atoms in total. The Morgan fingerprint density at radius 1 is 0.903 bits per heavy atom. The highest BCUT2D eigenvalue weighted by atomic mass is 16.5. The van der Waals surface area contributed by atoms with E-state index in [0.717, 1.165) is 48.9 Å². The third-order valence-electron chi connectivity index (χ3n) is 5.92. The van der Waals surface area contributed by atoms with E-state index in [1.54, 1.807) is 0 Å². The summed E-state index contributed by atoms with van der Waals surface area (Å²) in [6.07, 6.45) is 0.703. The predicted octanol–water partition coefficient (Wildman–Crippen LogP) is 4.87. The molecule has 1 aliphatic heterocycles. The molecule has 0 atom stereocenters. The molecule has 0 saturated carbocycles. The second-order valence-electron chi connectivity index (χ2n) is 8.10. The van der Waals surface area contributed by atoms with E-state index in [0.29, 0.717) is 13.0 Å². The lowest BCUT2D eigenvalue weighted by molar-refractivity contribution is 0.313. The van der Waals surface area contributed by atoms with Crippen LogP contribution in [0.5, 0.6) is 5.75 Å². The minimum absolute atomic E-state index is 0.558. The first-order valence-electron chi connectivity index (χ1n) is 10.9. The molecule has 0 bridgehead atoms. The summed E-state index contributed by atoms with van der Waals surface area (Å²) in [7, 11) is 2.18. The predicted molar refractivity (Wildman–Crippen MR) is 125 cm³/mol. The molecule has 0 amide bonds. The molecule has 0 aliphatic carbocycles. The minimum Gasteiger partial charge on any atom is -0.493 e. The van der Waals surface area contributed by atoms with Gasteiger partial charge in [-0.2, -0.15) is 0 Å². The monoisotopic (exact) mass is 413 g/mol. The maximum absolute atomic E-state index is 6.08. The molecule has 1 saturated heterocycles. The van der Waals surface area contributed by atoms with Gasteiger partial charge in [-0.05, 0) is 30.6 Å². The average Bonchev–Trinajstić information content (AvgIpc) is 3.29. The number of anilines is 1. The van der Waals surface area contributed by atoms with Gasteiger partial charge >= 0.3 is 0 Å². The standard InChI is InChI=1S/C26H27N3O2/c1-28-13-15-29(16-14-28)25-9-5-8-20-10-11-23(19-24(20)25)30-17-12-22-18-26(31-27-22)21-6-3-2-4-7-21/h2-11,18-19H,12-17H2,1H3. The molecule has 1 fully saturated rings. The first-order chi connectivity index (χ1) is 15.3. The second-order valence-corrected chi connectivity index (χ2v) is 8.10. The molecule has 5 rings (SSSR count). The van der Waals surface area contributed by atoms with Gasteiger partial charge in [0.05, 0.1) is 12.3 Å². The fourth-order valence-corrected chi connectivity index (χ4v) is 4.09. The van der Waals surface area contributed by atoms with Crippen molar-refractivity contribution in [1.82, 2.24) is 10.1 Å². The van der Waals surface area contributed by atoms with Crippen molar-refractivity contribution in [3.8, 4) is 17.1 Å². The van der Waals surface area contributed by atoms with Gasteiger partial charge in [0, 0.05) is 55.3 Å². The van der Waals surface area contributed by atoms with Crippen LogP contribution >= 0.6 is 0 Å². The normalized spacial score (nSPS) is 14.8. The Balaban J connectivity index is 1.27. The second kappa shape index (κ2) is 8.82. The number of ether oxygens (including phenoxy) is 1. The first-order valence-corrected chi connectivity index (χ1v) is 10.9. The largest absolute Gasteiger partial charge is 0.493 e. The molecule has 1 aromatic heterocycles. The van der Waals surface area contributed by atoms with Gasteiger partial charge in [-0.15, -0.1) is 0 Å². The van der Waals surface area contributed by atoms with Crippen molar-refractivity contribution in [2.75, 3.05) is 44.7 Å². The highest BCUT2D eigenvalue weighted by Crippen LogP contribution is 2.31. The third kappa shape index (κ3) is 4.42. The summed E-state index contributed by atoms with van der Waals surface area (Å²) in [5.41, 5.74) is 3.23. The molecule has 0 N–H and O–H groups in total. The van der Waals surface area contributed by atoms with E-state index in [9.17, 15) is 0 Å². The highest BCUT2D eigenvalue weighted by Gasteiger charge is 2.16. The number of fused-ring (bicyclic) bond motifs is 1. The Labute approximate surface area is 182 Å². The molecule has 0 unspecified atom stereocenters. The van der Waals surface area contributed by atoms with Gasteiger partial charge in [-0.1, -0.05) is 53.7 Å². The van der Waals surface area contributed by atoms with Gasteiger partial charge in [0.25, 0.3) is 0 Å². The zero-order chi connectivity index (χ0) is 21.0. The van der Waals surface area contributed by atoms with E-state index in [1.165, 1.54) is 16.5 Å². The van der Waals surface area contributed by atoms with E-state index < -0.39 is 0 Å². The molecule has 3 aromatic carbocycles. The van der Waals surface area contributed by atoms with Crippen LogP contribution < -0.4 is 9.64 Å². The summed E-state index contributed by atoms with van der Waals surface area (Å²) in [6, 6.07) is 24.9. The molecule has 0 spiro atoms. The number of hydrogen-bond donors (Lipinski definition) is 0. The summed E-state index contributed by atoms with van der Waals surface area (Å²) in [5.74, 6) is 1.68. The maximum Gasteiger partial charge on any atom is 0.167 e. The fourth-order valence-electron chi connectivity index (χ4n) is 4.09. The van der Waals surface area contributed by atoms with Crippen LogP contribution in [0.25, 0.3) is 22.1 Å². The van der Waals surface area contributed by atoms with Crippen molar-refractivity contribution in [1.29, 1.82) is 0 Å². The van der Waals surface area contributed by atoms with Crippen molar-refractivity contribution in [3.05, 3.63) is 78.5 Å². The van der Waals surface area contributed by atoms with Crippen molar-refractivity contribution in [2.45, 2.75) is 6.42 Å². The Morgan fingerprint density at radius 3 is 2.58 bits per heavy atom. The van der Waals surface area contributed by atoms with Gasteiger partial charge in [0.15, 0.2) is 5.76 Å². The quantitative estimate of drug-likeness (QED) is 0.451. The van der Waals surface area contributed by atoms with Crippen molar-refractivity contribution >= 4 is 16.5 Å². The lowest BCUT2D eigenvalue weighted by atomic mass is 10.1. The lowest BCUT2D eigenvalue weighted by Crippen LogP contribution is -2.44. The highest BCUT2D eigenvalue weighted by molar-refractivity contribution is 5.95. The van der Waals surface area contributed by atoms with Crippen molar-refractivity contribution in [3.63, 3.8) is 0 Å². The number of aromatic nitrogens is 1. The smallest absolute Gasteiger partial charge is 0.167 e. The number of piperazine rings is 1. The molecule has 4 aromatic rings. The van der Waals surface area contributed by atoms with E-state index in [2.05, 4.69) is 52.3 Å². The third-order valence-corrected chi connectivity index (χ3v) is 5.92. The van der Waals surface area contributed by atoms with Crippen LogP contribution in [0.3, 0.4) is 0 Å². The zero-order valence-electron chi connectivity index (χ0n) is 17.8. The molecule has 5 heteroatoms. The fraction of sp³-hybridized carbons (Fsp3) is 0.269. The van der Waals surface area contributed by atoms with Gasteiger partial charge in [0.1, 0.15) is 5.75 Å². The number of likely N-dealkylation sites (N-methyl/N-ethyl adjacent to an activating group) is 1. The summed E-state index contributed by atoms with van der Waals surface area (Å²) in [5, 5.41) is 6.68. The van der Waals surface area contributed by atoms with Crippen LogP contribution in [0.2, 0.25) is 0 Å². The Kier molecular flexibility index (Phi) is 5.59. The molecule has 0 radical (unpaired) electrons.